The van der Waals surface area contributed by atoms with E-state index < -0.39 is 5.97 Å². The smallest absolute Gasteiger partial charge is 0.337 e. The fraction of sp³-hybridized carbons (Fsp3) is 0.273. The molecule has 2 N–H and O–H groups in total. The first-order chi connectivity index (χ1) is 7.63. The maximum absolute atomic E-state index is 11.5. The predicted molar refractivity (Wildman–Crippen MR) is 57.7 cm³/mol. The summed E-state index contributed by atoms with van der Waals surface area (Å²) >= 11 is 0. The molecule has 0 fully saturated rings. The second kappa shape index (κ2) is 5.27. The number of esters is 1. The fourth-order valence-corrected chi connectivity index (χ4v) is 1.28. The van der Waals surface area contributed by atoms with Crippen molar-refractivity contribution < 1.29 is 19.1 Å². The Morgan fingerprint density at radius 3 is 2.50 bits per heavy atom. The minimum absolute atomic E-state index is 0.138. The monoisotopic (exact) mass is 223 g/mol. The van der Waals surface area contributed by atoms with E-state index in [9.17, 15) is 9.59 Å². The highest BCUT2D eigenvalue weighted by Crippen LogP contribution is 2.20. The molecule has 0 atom stereocenters. The molecule has 0 bridgehead atoms. The third-order valence-corrected chi connectivity index (χ3v) is 2.11. The van der Waals surface area contributed by atoms with Gasteiger partial charge in [-0.1, -0.05) is 0 Å². The summed E-state index contributed by atoms with van der Waals surface area (Å²) in [5.41, 5.74) is 5.84. The lowest BCUT2D eigenvalue weighted by atomic mass is 10.1. The summed E-state index contributed by atoms with van der Waals surface area (Å²) < 4.78 is 9.56. The Morgan fingerprint density at radius 1 is 1.31 bits per heavy atom. The van der Waals surface area contributed by atoms with Gasteiger partial charge < -0.3 is 15.2 Å². The van der Waals surface area contributed by atoms with E-state index in [4.69, 9.17) is 10.5 Å². The van der Waals surface area contributed by atoms with Crippen LogP contribution in [0.2, 0.25) is 0 Å². The summed E-state index contributed by atoms with van der Waals surface area (Å²) in [5.74, 6) is -0.403. The van der Waals surface area contributed by atoms with Gasteiger partial charge in [0.1, 0.15) is 5.75 Å². The van der Waals surface area contributed by atoms with Gasteiger partial charge in [0.2, 0.25) is 0 Å². The lowest BCUT2D eigenvalue weighted by molar-refractivity contribution is 0.0600. The van der Waals surface area contributed by atoms with Crippen LogP contribution in [-0.4, -0.2) is 32.5 Å². The van der Waals surface area contributed by atoms with Gasteiger partial charge in [-0.2, -0.15) is 0 Å². The van der Waals surface area contributed by atoms with Gasteiger partial charge in [-0.15, -0.1) is 0 Å². The van der Waals surface area contributed by atoms with Crippen LogP contribution in [0.1, 0.15) is 20.7 Å². The number of benzene rings is 1. The Kier molecular flexibility index (Phi) is 4.02. The third kappa shape index (κ3) is 2.38. The molecule has 0 unspecified atom stereocenters. The van der Waals surface area contributed by atoms with Crippen LogP contribution >= 0.6 is 0 Å². The van der Waals surface area contributed by atoms with Gasteiger partial charge in [-0.05, 0) is 18.2 Å². The highest BCUT2D eigenvalue weighted by molar-refractivity contribution is 6.02. The van der Waals surface area contributed by atoms with Crippen LogP contribution in [0.15, 0.2) is 18.2 Å². The Hall–Kier alpha value is -1.88. The topological polar surface area (TPSA) is 78.6 Å². The van der Waals surface area contributed by atoms with E-state index in [0.717, 1.165) is 0 Å². The third-order valence-electron chi connectivity index (χ3n) is 2.11. The largest absolute Gasteiger partial charge is 0.496 e. The first kappa shape index (κ1) is 12.2. The second-order valence-electron chi connectivity index (χ2n) is 3.03. The summed E-state index contributed by atoms with van der Waals surface area (Å²) in [4.78, 5) is 22.8. The van der Waals surface area contributed by atoms with Crippen molar-refractivity contribution in [3.05, 3.63) is 29.3 Å². The molecular formula is C11H13NO4. The number of hydrogen-bond acceptors (Lipinski definition) is 5. The van der Waals surface area contributed by atoms with Crippen LogP contribution in [0, 0.1) is 0 Å². The molecule has 1 aromatic rings. The van der Waals surface area contributed by atoms with Gasteiger partial charge >= 0.3 is 5.97 Å². The van der Waals surface area contributed by atoms with Crippen LogP contribution in [0.5, 0.6) is 5.75 Å². The van der Waals surface area contributed by atoms with E-state index in [-0.39, 0.29) is 17.9 Å². The molecule has 0 aromatic heterocycles. The number of ketones is 1. The van der Waals surface area contributed by atoms with Crippen LogP contribution in [0.25, 0.3) is 0 Å². The maximum atomic E-state index is 11.5. The average molecular weight is 223 g/mol. The molecule has 86 valence electrons. The van der Waals surface area contributed by atoms with Crippen LogP contribution in [0.4, 0.5) is 0 Å². The molecule has 1 rings (SSSR count). The lowest BCUT2D eigenvalue weighted by Crippen LogP contribution is -2.15. The summed E-state index contributed by atoms with van der Waals surface area (Å²) in [7, 11) is 2.72. The van der Waals surface area contributed by atoms with Gasteiger partial charge in [0.05, 0.1) is 31.9 Å². The van der Waals surface area contributed by atoms with Crippen molar-refractivity contribution in [3.8, 4) is 5.75 Å². The molecule has 0 aliphatic carbocycles. The van der Waals surface area contributed by atoms with E-state index in [0.29, 0.717) is 11.3 Å². The Balaban J connectivity index is 3.21. The molecule has 0 heterocycles. The minimum Gasteiger partial charge on any atom is -0.496 e. The lowest BCUT2D eigenvalue weighted by Gasteiger charge is -2.08. The highest BCUT2D eigenvalue weighted by atomic mass is 16.5. The molecule has 0 spiro atoms. The average Bonchev–Trinajstić information content (AvgIpc) is 2.35. The Morgan fingerprint density at radius 2 is 2.00 bits per heavy atom. The van der Waals surface area contributed by atoms with E-state index in [1.165, 1.54) is 32.4 Å². The minimum atomic E-state index is -0.506. The Labute approximate surface area is 93.1 Å². The predicted octanol–water partition coefficient (Wildman–Crippen LogP) is 0.623. The van der Waals surface area contributed by atoms with E-state index in [1.54, 1.807) is 0 Å². The molecular weight excluding hydrogens is 210 g/mol. The molecule has 0 saturated heterocycles. The summed E-state index contributed by atoms with van der Waals surface area (Å²) in [5, 5.41) is 0. The molecule has 5 heteroatoms. The molecule has 0 aliphatic rings. The summed E-state index contributed by atoms with van der Waals surface area (Å²) in [6.07, 6.45) is 0. The zero-order valence-corrected chi connectivity index (χ0v) is 9.15. The molecule has 0 saturated carbocycles. The molecule has 5 nitrogen and oxygen atoms in total. The zero-order chi connectivity index (χ0) is 12.1. The van der Waals surface area contributed by atoms with Crippen molar-refractivity contribution in [2.45, 2.75) is 0 Å². The molecule has 0 aliphatic heterocycles. The fourth-order valence-electron chi connectivity index (χ4n) is 1.28. The number of carbonyl (C=O) groups is 2. The van der Waals surface area contributed by atoms with Crippen molar-refractivity contribution in [2.24, 2.45) is 5.73 Å². The SMILES string of the molecule is COC(=O)c1ccc(OC)c(C(=O)CN)c1. The van der Waals surface area contributed by atoms with Crippen LogP contribution < -0.4 is 10.5 Å². The molecule has 1 aromatic carbocycles. The standard InChI is InChI=1S/C11H13NO4/c1-15-10-4-3-7(11(14)16-2)5-8(10)9(13)6-12/h3-5H,6,12H2,1-2H3. The van der Waals surface area contributed by atoms with E-state index in [1.807, 2.05) is 0 Å². The summed E-state index contributed by atoms with van der Waals surface area (Å²) in [6.45, 7) is -0.138. The van der Waals surface area contributed by atoms with Gasteiger partial charge in [0.15, 0.2) is 5.78 Å². The normalized spacial score (nSPS) is 9.69. The maximum Gasteiger partial charge on any atom is 0.337 e. The zero-order valence-electron chi connectivity index (χ0n) is 9.15. The first-order valence-corrected chi connectivity index (χ1v) is 4.63. The quantitative estimate of drug-likeness (QED) is 0.598. The van der Waals surface area contributed by atoms with Crippen LogP contribution in [-0.2, 0) is 4.74 Å². The molecule has 0 radical (unpaired) electrons. The number of hydrogen-bond donors (Lipinski definition) is 1. The van der Waals surface area contributed by atoms with Crippen molar-refractivity contribution in [1.82, 2.24) is 0 Å². The number of nitrogens with two attached hydrogens (primary N) is 1. The van der Waals surface area contributed by atoms with Gasteiger partial charge in [0.25, 0.3) is 0 Å². The number of ether oxygens (including phenoxy) is 2. The van der Waals surface area contributed by atoms with E-state index in [2.05, 4.69) is 4.74 Å². The summed E-state index contributed by atoms with van der Waals surface area (Å²) in [6, 6.07) is 4.48. The Bertz CT molecular complexity index is 414. The van der Waals surface area contributed by atoms with Crippen molar-refractivity contribution >= 4 is 11.8 Å². The number of rotatable bonds is 4. The van der Waals surface area contributed by atoms with Crippen molar-refractivity contribution in [2.75, 3.05) is 20.8 Å². The number of Topliss-reactive ketones (excluding diaryl/α,β-unsaturated/α-hetero) is 1. The van der Waals surface area contributed by atoms with Crippen molar-refractivity contribution in [1.29, 1.82) is 0 Å². The first-order valence-electron chi connectivity index (χ1n) is 4.63. The highest BCUT2D eigenvalue weighted by Gasteiger charge is 2.14. The number of methoxy groups -OCH3 is 2. The second-order valence-corrected chi connectivity index (χ2v) is 3.03. The van der Waals surface area contributed by atoms with E-state index >= 15 is 0 Å². The van der Waals surface area contributed by atoms with Gasteiger partial charge in [0, 0.05) is 0 Å². The number of carbonyl (C=O) groups excluding carboxylic acids is 2. The molecule has 0 amide bonds. The van der Waals surface area contributed by atoms with Crippen LogP contribution in [0.3, 0.4) is 0 Å². The van der Waals surface area contributed by atoms with Gasteiger partial charge in [-0.3, -0.25) is 4.79 Å². The van der Waals surface area contributed by atoms with Gasteiger partial charge in [-0.25, -0.2) is 4.79 Å². The van der Waals surface area contributed by atoms with Crippen molar-refractivity contribution in [3.63, 3.8) is 0 Å². The molecule has 16 heavy (non-hydrogen) atoms.